The molecule has 1 aliphatic rings. The molecule has 3 aromatic carbocycles. The first-order chi connectivity index (χ1) is 16.7. The van der Waals surface area contributed by atoms with E-state index in [0.717, 1.165) is 17.7 Å². The van der Waals surface area contributed by atoms with Gasteiger partial charge in [-0.1, -0.05) is 30.3 Å². The molecule has 1 aliphatic heterocycles. The van der Waals surface area contributed by atoms with Gasteiger partial charge in [-0.2, -0.15) is 0 Å². The molecule has 34 heavy (non-hydrogen) atoms. The van der Waals surface area contributed by atoms with E-state index in [2.05, 4.69) is 16.4 Å². The van der Waals surface area contributed by atoms with Gasteiger partial charge in [0.2, 0.25) is 0 Å². The molecular formula is C28H23N3O3. The fourth-order valence-corrected chi connectivity index (χ4v) is 3.98. The van der Waals surface area contributed by atoms with Crippen molar-refractivity contribution in [1.29, 1.82) is 0 Å². The maximum atomic E-state index is 13.0. The maximum absolute atomic E-state index is 13.0. The quantitative estimate of drug-likeness (QED) is 0.444. The number of carbonyl (C=O) groups excluding carboxylic acids is 2. The molecule has 0 aliphatic carbocycles. The highest BCUT2D eigenvalue weighted by molar-refractivity contribution is 6.08. The molecule has 6 heteroatoms. The Hall–Kier alpha value is -4.45. The van der Waals surface area contributed by atoms with Crippen LogP contribution < -0.4 is 15.0 Å². The van der Waals surface area contributed by atoms with E-state index >= 15 is 0 Å². The summed E-state index contributed by atoms with van der Waals surface area (Å²) in [4.78, 5) is 31.6. The lowest BCUT2D eigenvalue weighted by Crippen LogP contribution is -2.28. The van der Waals surface area contributed by atoms with Crippen LogP contribution in [0.15, 0.2) is 97.3 Å². The zero-order valence-corrected chi connectivity index (χ0v) is 18.5. The average Bonchev–Trinajstić information content (AvgIpc) is 3.32. The Kier molecular flexibility index (Phi) is 6.03. The number of rotatable bonds is 6. The van der Waals surface area contributed by atoms with Gasteiger partial charge in [0.15, 0.2) is 0 Å². The van der Waals surface area contributed by atoms with E-state index in [0.29, 0.717) is 35.7 Å². The van der Waals surface area contributed by atoms with Crippen molar-refractivity contribution >= 4 is 23.2 Å². The normalized spacial score (nSPS) is 12.2. The number of fused-ring (bicyclic) bond motifs is 1. The summed E-state index contributed by atoms with van der Waals surface area (Å²) in [5.41, 5.74) is 4.79. The molecular weight excluding hydrogens is 426 g/mol. The number of amides is 2. The van der Waals surface area contributed by atoms with E-state index in [1.165, 1.54) is 5.56 Å². The monoisotopic (exact) mass is 449 g/mol. The standard InChI is InChI=1S/C28H23N3O3/c32-27(23-7-3-8-25(17-23)34-19-20-5-4-15-29-18-20)30-24-12-10-22(11-13-24)28(33)31-16-14-21-6-1-2-9-26(21)31/h1-13,15,17-18H,14,16,19H2,(H,30,32). The first kappa shape index (κ1) is 21.4. The van der Waals surface area contributed by atoms with Gasteiger partial charge >= 0.3 is 0 Å². The Bertz CT molecular complexity index is 1320. The molecule has 0 unspecified atom stereocenters. The van der Waals surface area contributed by atoms with E-state index < -0.39 is 0 Å². The smallest absolute Gasteiger partial charge is 0.258 e. The Balaban J connectivity index is 1.22. The highest BCUT2D eigenvalue weighted by Crippen LogP contribution is 2.29. The molecule has 0 saturated heterocycles. The zero-order valence-electron chi connectivity index (χ0n) is 18.5. The van der Waals surface area contributed by atoms with Gasteiger partial charge in [0.05, 0.1) is 0 Å². The highest BCUT2D eigenvalue weighted by atomic mass is 16.5. The lowest BCUT2D eigenvalue weighted by atomic mass is 10.1. The number of benzene rings is 3. The minimum absolute atomic E-state index is 0.0405. The summed E-state index contributed by atoms with van der Waals surface area (Å²) >= 11 is 0. The van der Waals surface area contributed by atoms with E-state index in [-0.39, 0.29) is 11.8 Å². The van der Waals surface area contributed by atoms with E-state index in [1.807, 2.05) is 36.4 Å². The van der Waals surface area contributed by atoms with Gasteiger partial charge < -0.3 is 15.0 Å². The summed E-state index contributed by atoms with van der Waals surface area (Å²) in [5.74, 6) is 0.309. The molecule has 1 N–H and O–H groups in total. The van der Waals surface area contributed by atoms with Crippen LogP contribution in [0.5, 0.6) is 5.75 Å². The number of ether oxygens (including phenoxy) is 1. The number of pyridine rings is 1. The number of hydrogen-bond donors (Lipinski definition) is 1. The Morgan fingerprint density at radius 1 is 0.912 bits per heavy atom. The van der Waals surface area contributed by atoms with Crippen molar-refractivity contribution in [2.75, 3.05) is 16.8 Å². The minimum Gasteiger partial charge on any atom is -0.489 e. The van der Waals surface area contributed by atoms with Crippen molar-refractivity contribution < 1.29 is 14.3 Å². The summed E-state index contributed by atoms with van der Waals surface area (Å²) in [6.07, 6.45) is 4.32. The molecule has 0 fully saturated rings. The molecule has 0 atom stereocenters. The molecule has 168 valence electrons. The predicted octanol–water partition coefficient (Wildman–Crippen LogP) is 5.12. The van der Waals surface area contributed by atoms with Gasteiger partial charge in [0.1, 0.15) is 12.4 Å². The third kappa shape index (κ3) is 4.66. The number of para-hydroxylation sites is 1. The van der Waals surface area contributed by atoms with Crippen molar-refractivity contribution in [1.82, 2.24) is 4.98 Å². The Morgan fingerprint density at radius 2 is 1.76 bits per heavy atom. The SMILES string of the molecule is O=C(Nc1ccc(C(=O)N2CCc3ccccc32)cc1)c1cccc(OCc2cccnc2)c1. The first-order valence-corrected chi connectivity index (χ1v) is 11.1. The van der Waals surface area contributed by atoms with Gasteiger partial charge in [-0.25, -0.2) is 0 Å². The molecule has 2 heterocycles. The molecule has 6 nitrogen and oxygen atoms in total. The van der Waals surface area contributed by atoms with Crippen LogP contribution in [0.1, 0.15) is 31.8 Å². The van der Waals surface area contributed by atoms with Crippen molar-refractivity contribution in [2.24, 2.45) is 0 Å². The van der Waals surface area contributed by atoms with Gasteiger partial charge in [-0.3, -0.25) is 14.6 Å². The second-order valence-electron chi connectivity index (χ2n) is 8.04. The van der Waals surface area contributed by atoms with E-state index in [9.17, 15) is 9.59 Å². The van der Waals surface area contributed by atoms with E-state index in [4.69, 9.17) is 4.74 Å². The lowest BCUT2D eigenvalue weighted by molar-refractivity contribution is 0.0988. The largest absolute Gasteiger partial charge is 0.489 e. The van der Waals surface area contributed by atoms with Crippen molar-refractivity contribution in [3.05, 3.63) is 120 Å². The van der Waals surface area contributed by atoms with Crippen LogP contribution in [0.25, 0.3) is 0 Å². The highest BCUT2D eigenvalue weighted by Gasteiger charge is 2.25. The third-order valence-electron chi connectivity index (χ3n) is 5.75. The predicted molar refractivity (Wildman–Crippen MR) is 131 cm³/mol. The maximum Gasteiger partial charge on any atom is 0.258 e. The summed E-state index contributed by atoms with van der Waals surface area (Å²) in [6, 6.07) is 25.8. The zero-order chi connectivity index (χ0) is 23.3. The fraction of sp³-hybridized carbons (Fsp3) is 0.107. The summed E-state index contributed by atoms with van der Waals surface area (Å²) in [7, 11) is 0. The molecule has 1 aromatic heterocycles. The van der Waals surface area contributed by atoms with Crippen LogP contribution >= 0.6 is 0 Å². The molecule has 0 saturated carbocycles. The number of carbonyl (C=O) groups is 2. The number of nitrogens with one attached hydrogen (secondary N) is 1. The van der Waals surface area contributed by atoms with Gasteiger partial charge in [-0.15, -0.1) is 0 Å². The number of anilines is 2. The van der Waals surface area contributed by atoms with Gasteiger partial charge in [0.25, 0.3) is 11.8 Å². The minimum atomic E-state index is -0.251. The van der Waals surface area contributed by atoms with Crippen LogP contribution in [-0.4, -0.2) is 23.3 Å². The third-order valence-corrected chi connectivity index (χ3v) is 5.75. The molecule has 2 amide bonds. The van der Waals surface area contributed by atoms with Gasteiger partial charge in [0, 0.05) is 47.0 Å². The average molecular weight is 450 g/mol. The van der Waals surface area contributed by atoms with E-state index in [1.54, 1.807) is 59.8 Å². The van der Waals surface area contributed by atoms with Crippen LogP contribution in [0.4, 0.5) is 11.4 Å². The summed E-state index contributed by atoms with van der Waals surface area (Å²) < 4.78 is 5.79. The Labute approximate surface area is 197 Å². The fourth-order valence-electron chi connectivity index (χ4n) is 3.98. The van der Waals surface area contributed by atoms with Crippen molar-refractivity contribution in [2.45, 2.75) is 13.0 Å². The molecule has 0 bridgehead atoms. The first-order valence-electron chi connectivity index (χ1n) is 11.1. The summed E-state index contributed by atoms with van der Waals surface area (Å²) in [5, 5.41) is 2.88. The van der Waals surface area contributed by atoms with Crippen LogP contribution in [0.3, 0.4) is 0 Å². The van der Waals surface area contributed by atoms with Crippen LogP contribution in [0.2, 0.25) is 0 Å². The lowest BCUT2D eigenvalue weighted by Gasteiger charge is -2.17. The number of hydrogen-bond acceptors (Lipinski definition) is 4. The molecule has 4 aromatic rings. The Morgan fingerprint density at radius 3 is 2.59 bits per heavy atom. The number of nitrogens with zero attached hydrogens (tertiary/aromatic N) is 2. The van der Waals surface area contributed by atoms with Crippen molar-refractivity contribution in [3.8, 4) is 5.75 Å². The second kappa shape index (κ2) is 9.58. The van der Waals surface area contributed by atoms with Crippen molar-refractivity contribution in [3.63, 3.8) is 0 Å². The number of aromatic nitrogens is 1. The molecule has 5 rings (SSSR count). The molecule has 0 spiro atoms. The molecule has 0 radical (unpaired) electrons. The van der Waals surface area contributed by atoms with Gasteiger partial charge in [-0.05, 0) is 66.6 Å². The second-order valence-corrected chi connectivity index (χ2v) is 8.04. The van der Waals surface area contributed by atoms with Crippen LogP contribution in [-0.2, 0) is 13.0 Å². The van der Waals surface area contributed by atoms with Crippen LogP contribution in [0, 0.1) is 0 Å². The summed E-state index contributed by atoms with van der Waals surface area (Å²) in [6.45, 7) is 1.05. The topological polar surface area (TPSA) is 71.5 Å².